The molecule has 0 aliphatic heterocycles. The molecule has 0 saturated heterocycles. The minimum atomic E-state index is -4.54. The first-order valence-electron chi connectivity index (χ1n) is 8.11. The average Bonchev–Trinajstić information content (AvgIpc) is 2.67. The van der Waals surface area contributed by atoms with Crippen LogP contribution in [0.3, 0.4) is 0 Å². The van der Waals surface area contributed by atoms with E-state index >= 15 is 0 Å². The molecule has 3 aromatic rings. The van der Waals surface area contributed by atoms with Crippen molar-refractivity contribution in [2.24, 2.45) is 0 Å². The number of rotatable bonds is 5. The molecule has 5 nitrogen and oxygen atoms in total. The Hall–Kier alpha value is -3.55. The number of alkyl halides is 3. The smallest absolute Gasteiger partial charge is 0.416 e. The molecule has 28 heavy (non-hydrogen) atoms. The Labute approximate surface area is 157 Å². The van der Waals surface area contributed by atoms with Crippen molar-refractivity contribution in [1.82, 2.24) is 0 Å². The van der Waals surface area contributed by atoms with Gasteiger partial charge in [-0.05, 0) is 23.8 Å². The van der Waals surface area contributed by atoms with E-state index in [9.17, 15) is 22.8 Å². The summed E-state index contributed by atoms with van der Waals surface area (Å²) in [6.07, 6.45) is -3.54. The van der Waals surface area contributed by atoms with Crippen molar-refractivity contribution in [3.8, 4) is 5.75 Å². The minimum Gasteiger partial charge on any atom is -0.482 e. The quantitative estimate of drug-likeness (QED) is 0.698. The van der Waals surface area contributed by atoms with Crippen LogP contribution in [-0.4, -0.2) is 5.91 Å². The standard InChI is InChI=1S/C20H14F3NO4/c21-20(22,23)14-7-4-8-15(9-14)24-19(26)17-10-16(25)18(12-28-17)27-11-13-5-2-1-3-6-13/h1-10,12H,11H2,(H,24,26). The van der Waals surface area contributed by atoms with Gasteiger partial charge in [0, 0.05) is 11.8 Å². The molecule has 0 saturated carbocycles. The number of benzene rings is 2. The second-order valence-corrected chi connectivity index (χ2v) is 5.78. The SMILES string of the molecule is O=C(Nc1cccc(C(F)(F)F)c1)c1cc(=O)c(OCc2ccccc2)co1. The van der Waals surface area contributed by atoms with Gasteiger partial charge in [0.25, 0.3) is 5.91 Å². The normalized spacial score (nSPS) is 11.1. The van der Waals surface area contributed by atoms with E-state index in [0.717, 1.165) is 36.1 Å². The van der Waals surface area contributed by atoms with E-state index in [1.54, 1.807) is 0 Å². The van der Waals surface area contributed by atoms with Crippen molar-refractivity contribution in [3.05, 3.63) is 94.0 Å². The van der Waals surface area contributed by atoms with Crippen LogP contribution in [0.1, 0.15) is 21.7 Å². The van der Waals surface area contributed by atoms with Gasteiger partial charge in [-0.15, -0.1) is 0 Å². The molecule has 0 spiro atoms. The van der Waals surface area contributed by atoms with Gasteiger partial charge in [0.05, 0.1) is 5.56 Å². The Balaban J connectivity index is 1.69. The molecule has 0 radical (unpaired) electrons. The highest BCUT2D eigenvalue weighted by atomic mass is 19.4. The molecule has 1 N–H and O–H groups in total. The highest BCUT2D eigenvalue weighted by Gasteiger charge is 2.30. The maximum Gasteiger partial charge on any atom is 0.416 e. The second kappa shape index (κ2) is 7.99. The Morgan fingerprint density at radius 2 is 1.79 bits per heavy atom. The third kappa shape index (κ3) is 4.79. The topological polar surface area (TPSA) is 68.5 Å². The summed E-state index contributed by atoms with van der Waals surface area (Å²) in [5.74, 6) is -1.29. The summed E-state index contributed by atoms with van der Waals surface area (Å²) in [6.45, 7) is 0.140. The fraction of sp³-hybridized carbons (Fsp3) is 0.100. The third-order valence-electron chi connectivity index (χ3n) is 3.71. The molecule has 0 atom stereocenters. The highest BCUT2D eigenvalue weighted by Crippen LogP contribution is 2.30. The van der Waals surface area contributed by atoms with E-state index < -0.39 is 23.1 Å². The number of anilines is 1. The molecule has 2 aromatic carbocycles. The molecule has 144 valence electrons. The van der Waals surface area contributed by atoms with Crippen molar-refractivity contribution in [2.45, 2.75) is 12.8 Å². The summed E-state index contributed by atoms with van der Waals surface area (Å²) >= 11 is 0. The summed E-state index contributed by atoms with van der Waals surface area (Å²) in [5.41, 5.74) is -0.729. The Morgan fingerprint density at radius 3 is 2.46 bits per heavy atom. The molecule has 0 aliphatic carbocycles. The third-order valence-corrected chi connectivity index (χ3v) is 3.71. The van der Waals surface area contributed by atoms with Gasteiger partial charge < -0.3 is 14.5 Å². The van der Waals surface area contributed by atoms with Crippen LogP contribution in [0.25, 0.3) is 0 Å². The Morgan fingerprint density at radius 1 is 1.04 bits per heavy atom. The maximum atomic E-state index is 12.7. The molecule has 0 aliphatic rings. The monoisotopic (exact) mass is 389 g/mol. The minimum absolute atomic E-state index is 0.0770. The second-order valence-electron chi connectivity index (χ2n) is 5.78. The fourth-order valence-corrected chi connectivity index (χ4v) is 2.32. The molecule has 3 rings (SSSR count). The van der Waals surface area contributed by atoms with Gasteiger partial charge in [-0.25, -0.2) is 0 Å². The van der Waals surface area contributed by atoms with Crippen LogP contribution in [0, 0.1) is 0 Å². The van der Waals surface area contributed by atoms with Crippen molar-refractivity contribution in [1.29, 1.82) is 0 Å². The number of halogens is 3. The fourth-order valence-electron chi connectivity index (χ4n) is 2.32. The van der Waals surface area contributed by atoms with E-state index in [0.29, 0.717) is 0 Å². The Bertz CT molecular complexity index is 1030. The number of hydrogen-bond donors (Lipinski definition) is 1. The first-order valence-corrected chi connectivity index (χ1v) is 8.11. The summed E-state index contributed by atoms with van der Waals surface area (Å²) in [5, 5.41) is 2.26. The largest absolute Gasteiger partial charge is 0.482 e. The molecular weight excluding hydrogens is 375 g/mol. The van der Waals surface area contributed by atoms with Gasteiger partial charge in [0.2, 0.25) is 11.2 Å². The average molecular weight is 389 g/mol. The van der Waals surface area contributed by atoms with E-state index in [1.165, 1.54) is 6.07 Å². The van der Waals surface area contributed by atoms with Gasteiger partial charge in [-0.1, -0.05) is 36.4 Å². The molecule has 0 fully saturated rings. The lowest BCUT2D eigenvalue weighted by atomic mass is 10.2. The van der Waals surface area contributed by atoms with Crippen molar-refractivity contribution >= 4 is 11.6 Å². The van der Waals surface area contributed by atoms with Gasteiger partial charge in [-0.3, -0.25) is 9.59 Å². The van der Waals surface area contributed by atoms with Crippen LogP contribution in [-0.2, 0) is 12.8 Å². The zero-order valence-corrected chi connectivity index (χ0v) is 14.3. The number of carbonyl (C=O) groups is 1. The summed E-state index contributed by atoms with van der Waals surface area (Å²) in [7, 11) is 0. The highest BCUT2D eigenvalue weighted by molar-refractivity contribution is 6.02. The zero-order valence-electron chi connectivity index (χ0n) is 14.3. The molecular formula is C20H14F3NO4. The van der Waals surface area contributed by atoms with Crippen molar-refractivity contribution in [2.75, 3.05) is 5.32 Å². The van der Waals surface area contributed by atoms with Crippen LogP contribution < -0.4 is 15.5 Å². The van der Waals surface area contributed by atoms with Gasteiger partial charge in [0.15, 0.2) is 5.76 Å². The lowest BCUT2D eigenvalue weighted by Gasteiger charge is -2.10. The molecule has 0 unspecified atom stereocenters. The number of ether oxygens (including phenoxy) is 1. The van der Waals surface area contributed by atoms with Crippen LogP contribution in [0.4, 0.5) is 18.9 Å². The van der Waals surface area contributed by atoms with Crippen LogP contribution in [0.5, 0.6) is 5.75 Å². The first-order chi connectivity index (χ1) is 13.3. The maximum absolute atomic E-state index is 12.7. The summed E-state index contributed by atoms with van der Waals surface area (Å²) < 4.78 is 48.7. The van der Waals surface area contributed by atoms with E-state index in [1.807, 2.05) is 30.3 Å². The molecule has 0 bridgehead atoms. The predicted molar refractivity (Wildman–Crippen MR) is 95.1 cm³/mol. The number of nitrogens with one attached hydrogen (secondary N) is 1. The van der Waals surface area contributed by atoms with Crippen LogP contribution in [0.2, 0.25) is 0 Å². The van der Waals surface area contributed by atoms with Crippen molar-refractivity contribution in [3.63, 3.8) is 0 Å². The predicted octanol–water partition coefficient (Wildman–Crippen LogP) is 4.49. The summed E-state index contributed by atoms with van der Waals surface area (Å²) in [4.78, 5) is 24.2. The molecule has 1 heterocycles. The molecule has 1 amide bonds. The number of carbonyl (C=O) groups excluding carboxylic acids is 1. The summed E-state index contributed by atoms with van der Waals surface area (Å²) in [6, 6.07) is 14.2. The Kier molecular flexibility index (Phi) is 5.49. The van der Waals surface area contributed by atoms with Crippen LogP contribution >= 0.6 is 0 Å². The number of amides is 1. The van der Waals surface area contributed by atoms with Gasteiger partial charge in [0.1, 0.15) is 12.9 Å². The van der Waals surface area contributed by atoms with Gasteiger partial charge in [-0.2, -0.15) is 13.2 Å². The van der Waals surface area contributed by atoms with E-state index in [4.69, 9.17) is 9.15 Å². The molecule has 8 heteroatoms. The first kappa shape index (κ1) is 19.2. The van der Waals surface area contributed by atoms with E-state index in [2.05, 4.69) is 5.32 Å². The van der Waals surface area contributed by atoms with Crippen molar-refractivity contribution < 1.29 is 27.1 Å². The lowest BCUT2D eigenvalue weighted by Crippen LogP contribution is -2.16. The molecule has 1 aromatic heterocycles. The zero-order chi connectivity index (χ0) is 20.1. The van der Waals surface area contributed by atoms with E-state index in [-0.39, 0.29) is 23.8 Å². The lowest BCUT2D eigenvalue weighted by molar-refractivity contribution is -0.137. The van der Waals surface area contributed by atoms with Gasteiger partial charge >= 0.3 is 6.18 Å². The number of hydrogen-bond acceptors (Lipinski definition) is 4. The van der Waals surface area contributed by atoms with Crippen LogP contribution in [0.15, 0.2) is 76.1 Å².